The van der Waals surface area contributed by atoms with Crippen LogP contribution < -0.4 is 23.8 Å². The molecule has 1 aliphatic rings. The maximum absolute atomic E-state index is 13.6. The molecule has 9 heteroatoms. The molecular weight excluding hydrogens is 468 g/mol. The molecule has 8 nitrogen and oxygen atoms in total. The third-order valence-corrected chi connectivity index (χ3v) is 7.68. The highest BCUT2D eigenvalue weighted by atomic mass is 32.2. The van der Waals surface area contributed by atoms with Crippen LogP contribution >= 0.6 is 0 Å². The molecule has 0 radical (unpaired) electrons. The maximum Gasteiger partial charge on any atom is 0.264 e. The summed E-state index contributed by atoms with van der Waals surface area (Å²) >= 11 is 0. The average Bonchev–Trinajstić information content (AvgIpc) is 2.87. The predicted molar refractivity (Wildman–Crippen MR) is 133 cm³/mol. The highest BCUT2D eigenvalue weighted by molar-refractivity contribution is 7.92. The van der Waals surface area contributed by atoms with E-state index < -0.39 is 22.0 Å². The monoisotopic (exact) mass is 496 g/mol. The quantitative estimate of drug-likeness (QED) is 0.534. The van der Waals surface area contributed by atoms with Gasteiger partial charge in [0.25, 0.3) is 15.9 Å². The molecule has 4 rings (SSSR count). The minimum atomic E-state index is -3.97. The fraction of sp³-hybridized carbons (Fsp3) is 0.269. The summed E-state index contributed by atoms with van der Waals surface area (Å²) in [6.45, 7) is 3.54. The molecule has 0 saturated carbocycles. The third kappa shape index (κ3) is 4.90. The highest BCUT2D eigenvalue weighted by Crippen LogP contribution is 2.38. The summed E-state index contributed by atoms with van der Waals surface area (Å²) in [5.74, 6) is 1.10. The summed E-state index contributed by atoms with van der Waals surface area (Å²) in [7, 11) is -0.892. The zero-order valence-electron chi connectivity index (χ0n) is 20.0. The van der Waals surface area contributed by atoms with Crippen molar-refractivity contribution in [3.05, 3.63) is 77.9 Å². The second-order valence-corrected chi connectivity index (χ2v) is 10.1. The van der Waals surface area contributed by atoms with Crippen molar-refractivity contribution < 1.29 is 27.4 Å². The lowest BCUT2D eigenvalue weighted by Gasteiger charge is -2.35. The van der Waals surface area contributed by atoms with Gasteiger partial charge in [-0.15, -0.1) is 0 Å². The van der Waals surface area contributed by atoms with Crippen molar-refractivity contribution in [3.8, 4) is 17.2 Å². The van der Waals surface area contributed by atoms with E-state index in [9.17, 15) is 13.2 Å². The van der Waals surface area contributed by atoms with E-state index in [0.29, 0.717) is 22.9 Å². The van der Waals surface area contributed by atoms with E-state index in [1.807, 2.05) is 44.2 Å². The summed E-state index contributed by atoms with van der Waals surface area (Å²) in [5, 5.41) is 2.93. The van der Waals surface area contributed by atoms with Gasteiger partial charge in [-0.2, -0.15) is 0 Å². The van der Waals surface area contributed by atoms with Crippen molar-refractivity contribution in [1.29, 1.82) is 0 Å². The Morgan fingerprint density at radius 2 is 1.77 bits per heavy atom. The van der Waals surface area contributed by atoms with Crippen LogP contribution in [0.5, 0.6) is 17.2 Å². The van der Waals surface area contributed by atoms with Crippen LogP contribution in [-0.4, -0.2) is 41.2 Å². The van der Waals surface area contributed by atoms with Crippen LogP contribution in [0.4, 0.5) is 5.69 Å². The number of amides is 1. The molecule has 1 heterocycles. The summed E-state index contributed by atoms with van der Waals surface area (Å²) in [4.78, 5) is 13.3. The molecule has 35 heavy (non-hydrogen) atoms. The van der Waals surface area contributed by atoms with Gasteiger partial charge in [0.1, 0.15) is 17.2 Å². The first-order valence-electron chi connectivity index (χ1n) is 11.1. The molecule has 1 aliphatic heterocycles. The Bertz CT molecular complexity index is 1320. The number of benzene rings is 3. The summed E-state index contributed by atoms with van der Waals surface area (Å²) < 4.78 is 45.0. The molecule has 184 valence electrons. The largest absolute Gasteiger partial charge is 0.497 e. The number of anilines is 1. The van der Waals surface area contributed by atoms with Crippen molar-refractivity contribution in [2.45, 2.75) is 30.9 Å². The number of hydrogen-bond donors (Lipinski definition) is 1. The molecule has 0 fully saturated rings. The van der Waals surface area contributed by atoms with Gasteiger partial charge in [-0.3, -0.25) is 9.10 Å². The van der Waals surface area contributed by atoms with Crippen LogP contribution in [-0.2, 0) is 14.8 Å². The third-order valence-electron chi connectivity index (χ3n) is 5.89. The Morgan fingerprint density at radius 3 is 2.46 bits per heavy atom. The van der Waals surface area contributed by atoms with Gasteiger partial charge in [0, 0.05) is 5.56 Å². The van der Waals surface area contributed by atoms with Crippen molar-refractivity contribution in [1.82, 2.24) is 5.32 Å². The van der Waals surface area contributed by atoms with Gasteiger partial charge in [-0.1, -0.05) is 24.3 Å². The topological polar surface area (TPSA) is 94.2 Å². The van der Waals surface area contributed by atoms with E-state index in [4.69, 9.17) is 14.2 Å². The number of aryl methyl sites for hydroxylation is 1. The fourth-order valence-corrected chi connectivity index (χ4v) is 5.48. The molecule has 0 unspecified atom stereocenters. The lowest BCUT2D eigenvalue weighted by molar-refractivity contribution is -0.128. The van der Waals surface area contributed by atoms with Gasteiger partial charge in [-0.05, 0) is 61.9 Å². The van der Waals surface area contributed by atoms with Crippen LogP contribution in [0.25, 0.3) is 0 Å². The molecule has 0 aromatic heterocycles. The lowest BCUT2D eigenvalue weighted by Crippen LogP contribution is -2.51. The Hall–Kier alpha value is -3.72. The molecule has 3 aromatic carbocycles. The number of hydrogen-bond acceptors (Lipinski definition) is 6. The second kappa shape index (κ2) is 9.87. The van der Waals surface area contributed by atoms with E-state index in [1.165, 1.54) is 23.5 Å². The number of ether oxygens (including phenoxy) is 3. The highest BCUT2D eigenvalue weighted by Gasteiger charge is 2.38. The number of para-hydroxylation sites is 1. The first-order chi connectivity index (χ1) is 16.7. The van der Waals surface area contributed by atoms with Crippen molar-refractivity contribution >= 4 is 21.6 Å². The lowest BCUT2D eigenvalue weighted by atomic mass is 10.1. The molecule has 0 bridgehead atoms. The minimum Gasteiger partial charge on any atom is -0.497 e. The normalized spacial score (nSPS) is 16.0. The Balaban J connectivity index is 1.64. The predicted octanol–water partition coefficient (Wildman–Crippen LogP) is 3.85. The van der Waals surface area contributed by atoms with Gasteiger partial charge in [0.05, 0.1) is 37.4 Å². The number of methoxy groups -OCH3 is 2. The SMILES string of the molecule is COc1ccc(S(=O)(=O)N2C[C@H](C(=O)N[C@H](C)c3ccccc3OC)Oc3cc(C)ccc32)cc1. The van der Waals surface area contributed by atoms with Crippen molar-refractivity contribution in [2.75, 3.05) is 25.1 Å². The van der Waals surface area contributed by atoms with Crippen LogP contribution in [0.15, 0.2) is 71.6 Å². The van der Waals surface area contributed by atoms with Gasteiger partial charge in [-0.25, -0.2) is 8.42 Å². The van der Waals surface area contributed by atoms with Gasteiger partial charge < -0.3 is 19.5 Å². The molecule has 0 aliphatic carbocycles. The zero-order valence-corrected chi connectivity index (χ0v) is 20.8. The number of fused-ring (bicyclic) bond motifs is 1. The van der Waals surface area contributed by atoms with Crippen LogP contribution in [0.3, 0.4) is 0 Å². The molecule has 2 atom stereocenters. The van der Waals surface area contributed by atoms with E-state index in [1.54, 1.807) is 31.4 Å². The molecule has 1 amide bonds. The van der Waals surface area contributed by atoms with Crippen LogP contribution in [0.2, 0.25) is 0 Å². The zero-order chi connectivity index (χ0) is 25.2. The summed E-state index contributed by atoms with van der Waals surface area (Å²) in [5.41, 5.74) is 2.07. The molecule has 0 spiro atoms. The fourth-order valence-electron chi connectivity index (χ4n) is 4.01. The number of carbonyl (C=O) groups is 1. The van der Waals surface area contributed by atoms with E-state index in [-0.39, 0.29) is 17.5 Å². The average molecular weight is 497 g/mol. The van der Waals surface area contributed by atoms with Gasteiger partial charge >= 0.3 is 0 Å². The number of nitrogens with one attached hydrogen (secondary N) is 1. The number of carbonyl (C=O) groups excluding carboxylic acids is 1. The Labute approximate surface area is 205 Å². The second-order valence-electron chi connectivity index (χ2n) is 8.26. The van der Waals surface area contributed by atoms with Crippen molar-refractivity contribution in [2.24, 2.45) is 0 Å². The Morgan fingerprint density at radius 1 is 1.06 bits per heavy atom. The minimum absolute atomic E-state index is 0.0910. The number of sulfonamides is 1. The smallest absolute Gasteiger partial charge is 0.264 e. The van der Waals surface area contributed by atoms with E-state index in [2.05, 4.69) is 5.32 Å². The van der Waals surface area contributed by atoms with Gasteiger partial charge in [0.15, 0.2) is 6.10 Å². The Kier molecular flexibility index (Phi) is 6.88. The van der Waals surface area contributed by atoms with E-state index in [0.717, 1.165) is 11.1 Å². The standard InChI is InChI=1S/C26H28N2O6S/c1-17-9-14-22-24(15-17)34-25(26(29)27-18(2)21-7-5-6-8-23(21)33-4)16-28(22)35(30,31)20-12-10-19(32-3)11-13-20/h5-15,18,25H,16H2,1-4H3,(H,27,29)/t18-,25-/m1/s1. The van der Waals surface area contributed by atoms with E-state index >= 15 is 0 Å². The number of rotatable bonds is 7. The summed E-state index contributed by atoms with van der Waals surface area (Å²) in [6.07, 6.45) is -1.05. The van der Waals surface area contributed by atoms with Crippen LogP contribution in [0.1, 0.15) is 24.1 Å². The molecule has 0 saturated heterocycles. The molecule has 1 N–H and O–H groups in total. The molecule has 3 aromatic rings. The first kappa shape index (κ1) is 24.4. The number of nitrogens with zero attached hydrogens (tertiary/aromatic N) is 1. The van der Waals surface area contributed by atoms with Crippen molar-refractivity contribution in [3.63, 3.8) is 0 Å². The first-order valence-corrected chi connectivity index (χ1v) is 12.6. The van der Waals surface area contributed by atoms with Gasteiger partial charge in [0.2, 0.25) is 0 Å². The van der Waals surface area contributed by atoms with Crippen LogP contribution in [0, 0.1) is 6.92 Å². The summed E-state index contributed by atoms with van der Waals surface area (Å²) in [6, 6.07) is 18.4. The molecular formula is C26H28N2O6S. The maximum atomic E-state index is 13.6.